The molecule has 3 heterocycles. The summed E-state index contributed by atoms with van der Waals surface area (Å²) in [6.45, 7) is 0.0941. The van der Waals surface area contributed by atoms with Crippen LogP contribution in [-0.4, -0.2) is 70.4 Å². The Morgan fingerprint density at radius 2 is 2.05 bits per heavy atom. The smallest absolute Gasteiger partial charge is 0.307 e. The fraction of sp³-hybridized carbons (Fsp3) is 0.708. The minimum absolute atomic E-state index is 0.0941. The quantitative estimate of drug-likeness (QED) is 0.177. The topological polar surface area (TPSA) is 129 Å². The predicted octanol–water partition coefficient (Wildman–Crippen LogP) is 3.21. The van der Waals surface area contributed by atoms with E-state index < -0.39 is 20.2 Å². The number of fused-ring (bicyclic) bond motifs is 1. The van der Waals surface area contributed by atoms with E-state index in [1.807, 2.05) is 23.9 Å². The van der Waals surface area contributed by atoms with Crippen molar-refractivity contribution in [3.63, 3.8) is 0 Å². The van der Waals surface area contributed by atoms with Gasteiger partial charge in [-0.25, -0.2) is 23.1 Å². The lowest BCUT2D eigenvalue weighted by Gasteiger charge is -2.35. The molecule has 2 aromatic heterocycles. The van der Waals surface area contributed by atoms with Crippen molar-refractivity contribution in [1.29, 1.82) is 0 Å². The molecule has 1 aliphatic heterocycles. The average molecular weight is 572 g/mol. The molecule has 0 aromatic carbocycles. The van der Waals surface area contributed by atoms with Gasteiger partial charge in [-0.15, -0.1) is 0 Å². The summed E-state index contributed by atoms with van der Waals surface area (Å²) in [5, 5.41) is 1.16. The number of anilines is 1. The highest BCUT2D eigenvalue weighted by molar-refractivity contribution is 8.72. The summed E-state index contributed by atoms with van der Waals surface area (Å²) < 4.78 is 45.3. The van der Waals surface area contributed by atoms with Gasteiger partial charge in [0, 0.05) is 48.1 Å². The number of hydrogen-bond donors (Lipinski definition) is 1. The first-order chi connectivity index (χ1) is 17.8. The van der Waals surface area contributed by atoms with Gasteiger partial charge in [0.2, 0.25) is 10.0 Å². The number of carbonyl (C=O) groups excluding carboxylic acids is 1. The number of nitrogens with one attached hydrogen (secondary N) is 1. The Morgan fingerprint density at radius 3 is 2.76 bits per heavy atom. The van der Waals surface area contributed by atoms with Crippen LogP contribution in [0, 0.1) is 5.92 Å². The van der Waals surface area contributed by atoms with Crippen molar-refractivity contribution in [3.8, 4) is 0 Å². The standard InChI is InChI=1S/C24H37N5O5S3/c1-25-37(32,33)15-18-7-9-19(10-8-18)28(2)23-21-11-13-29(24(21)27-16-26-23)17-34-22(30)6-4-3-5-20-12-14-35-36(20)31/h11,13,16,18-20,25H,3-10,12,14-15,17H2,1-2H3/t18?,19?,20-,36?/m1/s1. The number of hydrogen-bond acceptors (Lipinski definition) is 9. The van der Waals surface area contributed by atoms with E-state index in [9.17, 15) is 17.8 Å². The second-order valence-corrected chi connectivity index (χ2v) is 15.4. The molecule has 4 rings (SSSR count). The summed E-state index contributed by atoms with van der Waals surface area (Å²) in [4.78, 5) is 23.4. The van der Waals surface area contributed by atoms with E-state index in [1.165, 1.54) is 24.2 Å². The van der Waals surface area contributed by atoms with Gasteiger partial charge in [-0.3, -0.25) is 9.36 Å². The van der Waals surface area contributed by atoms with E-state index in [2.05, 4.69) is 19.6 Å². The van der Waals surface area contributed by atoms with Crippen molar-refractivity contribution in [2.24, 2.45) is 5.92 Å². The van der Waals surface area contributed by atoms with Gasteiger partial charge in [-0.05, 0) is 64.0 Å². The Hall–Kier alpha value is -1.54. The molecule has 13 heteroatoms. The Labute approximate surface area is 225 Å². The predicted molar refractivity (Wildman–Crippen MR) is 148 cm³/mol. The summed E-state index contributed by atoms with van der Waals surface area (Å²) in [5.74, 6) is 1.90. The van der Waals surface area contributed by atoms with E-state index >= 15 is 0 Å². The van der Waals surface area contributed by atoms with Crippen molar-refractivity contribution >= 4 is 53.8 Å². The van der Waals surface area contributed by atoms with Gasteiger partial charge in [0.15, 0.2) is 6.73 Å². The molecule has 1 unspecified atom stereocenters. The van der Waals surface area contributed by atoms with E-state index in [0.29, 0.717) is 12.1 Å². The minimum Gasteiger partial charge on any atom is -0.605 e. The van der Waals surface area contributed by atoms with Crippen LogP contribution in [0.15, 0.2) is 18.6 Å². The minimum atomic E-state index is -3.19. The first kappa shape index (κ1) is 28.5. The maximum absolute atomic E-state index is 12.3. The van der Waals surface area contributed by atoms with Crippen LogP contribution in [0.4, 0.5) is 5.82 Å². The van der Waals surface area contributed by atoms with Crippen molar-refractivity contribution in [2.45, 2.75) is 75.8 Å². The Balaban J connectivity index is 1.27. The molecule has 206 valence electrons. The fourth-order valence-electron chi connectivity index (χ4n) is 5.19. The number of carbonyl (C=O) groups is 1. The lowest BCUT2D eigenvalue weighted by Crippen LogP contribution is -2.38. The first-order valence-electron chi connectivity index (χ1n) is 12.9. The molecule has 1 aliphatic carbocycles. The number of unbranched alkanes of at least 4 members (excludes halogenated alkanes) is 1. The van der Waals surface area contributed by atoms with Crippen LogP contribution in [-0.2, 0) is 36.5 Å². The van der Waals surface area contributed by atoms with E-state index in [4.69, 9.17) is 4.74 Å². The van der Waals surface area contributed by atoms with Gasteiger partial charge in [0.05, 0.1) is 21.9 Å². The van der Waals surface area contributed by atoms with E-state index in [-0.39, 0.29) is 35.7 Å². The molecule has 0 spiro atoms. The summed E-state index contributed by atoms with van der Waals surface area (Å²) in [7, 11) is 1.06. The first-order valence-corrected chi connectivity index (χ1v) is 17.3. The molecular weight excluding hydrogens is 534 g/mol. The SMILES string of the molecule is CNS(=O)(=O)CC1CCC(N(C)c2ncnc3c2ccn3COC(=O)CCCC[C@@H]2CCS[S+]2[O-])CC1. The third-order valence-electron chi connectivity index (χ3n) is 7.43. The number of aromatic nitrogens is 3. The third kappa shape index (κ3) is 7.53. The molecule has 1 saturated carbocycles. The van der Waals surface area contributed by atoms with Gasteiger partial charge < -0.3 is 14.2 Å². The highest BCUT2D eigenvalue weighted by Crippen LogP contribution is 2.34. The molecule has 1 saturated heterocycles. The van der Waals surface area contributed by atoms with Gasteiger partial charge in [0.25, 0.3) is 0 Å². The molecule has 2 fully saturated rings. The van der Waals surface area contributed by atoms with E-state index in [1.54, 1.807) is 0 Å². The summed E-state index contributed by atoms with van der Waals surface area (Å²) in [5.41, 5.74) is 0.708. The van der Waals surface area contributed by atoms with Gasteiger partial charge in [0.1, 0.15) is 23.0 Å². The third-order valence-corrected chi connectivity index (χ3v) is 12.6. The van der Waals surface area contributed by atoms with Gasteiger partial charge in [-0.1, -0.05) is 0 Å². The number of nitrogens with zero attached hydrogens (tertiary/aromatic N) is 4. The van der Waals surface area contributed by atoms with Crippen molar-refractivity contribution in [2.75, 3.05) is 30.5 Å². The molecule has 0 amide bonds. The summed E-state index contributed by atoms with van der Waals surface area (Å²) in [6.07, 6.45) is 10.8. The van der Waals surface area contributed by atoms with Crippen molar-refractivity contribution in [3.05, 3.63) is 18.6 Å². The maximum atomic E-state index is 12.3. The molecule has 10 nitrogen and oxygen atoms in total. The highest BCUT2D eigenvalue weighted by Gasteiger charge is 2.30. The Bertz CT molecular complexity index is 1150. The van der Waals surface area contributed by atoms with Crippen LogP contribution in [0.1, 0.15) is 57.8 Å². The number of sulfonamides is 1. The largest absolute Gasteiger partial charge is 0.605 e. The molecule has 0 radical (unpaired) electrons. The van der Waals surface area contributed by atoms with Crippen LogP contribution in [0.5, 0.6) is 0 Å². The monoisotopic (exact) mass is 571 g/mol. The lowest BCUT2D eigenvalue weighted by atomic mass is 9.86. The zero-order chi connectivity index (χ0) is 26.4. The number of esters is 1. The zero-order valence-electron chi connectivity index (χ0n) is 21.5. The van der Waals surface area contributed by atoms with Crippen LogP contribution in [0.25, 0.3) is 11.0 Å². The molecular formula is C24H37N5O5S3. The van der Waals surface area contributed by atoms with E-state index in [0.717, 1.165) is 68.3 Å². The lowest BCUT2D eigenvalue weighted by molar-refractivity contribution is -0.147. The Morgan fingerprint density at radius 1 is 1.27 bits per heavy atom. The van der Waals surface area contributed by atoms with Crippen LogP contribution >= 0.6 is 10.8 Å². The molecule has 2 atom stereocenters. The fourth-order valence-corrected chi connectivity index (χ4v) is 9.80. The van der Waals surface area contributed by atoms with Crippen LogP contribution in [0.2, 0.25) is 0 Å². The zero-order valence-corrected chi connectivity index (χ0v) is 24.0. The molecule has 2 aromatic rings. The van der Waals surface area contributed by atoms with Gasteiger partial charge in [-0.2, -0.15) is 0 Å². The summed E-state index contributed by atoms with van der Waals surface area (Å²) >= 11 is 0. The molecule has 1 N–H and O–H groups in total. The molecule has 0 bridgehead atoms. The second kappa shape index (κ2) is 13.0. The number of ether oxygens (including phenoxy) is 1. The number of rotatable bonds is 12. The molecule has 37 heavy (non-hydrogen) atoms. The van der Waals surface area contributed by atoms with Crippen molar-refractivity contribution in [1.82, 2.24) is 19.3 Å². The summed E-state index contributed by atoms with van der Waals surface area (Å²) in [6, 6.07) is 2.22. The molecule has 2 aliphatic rings. The average Bonchev–Trinajstić information content (AvgIpc) is 3.50. The normalized spacial score (nSPS) is 24.4. The van der Waals surface area contributed by atoms with Crippen LogP contribution in [0.3, 0.4) is 0 Å². The highest BCUT2D eigenvalue weighted by atomic mass is 33.1. The Kier molecular flexibility index (Phi) is 10.0. The van der Waals surface area contributed by atoms with Crippen molar-refractivity contribution < 1.29 is 22.5 Å². The van der Waals surface area contributed by atoms with Crippen LogP contribution < -0.4 is 9.62 Å². The maximum Gasteiger partial charge on any atom is 0.307 e. The second-order valence-electron chi connectivity index (χ2n) is 9.88. The van der Waals surface area contributed by atoms with Gasteiger partial charge >= 0.3 is 5.97 Å².